The van der Waals surface area contributed by atoms with E-state index in [1.165, 1.54) is 37.0 Å². The molecule has 0 spiro atoms. The Morgan fingerprint density at radius 2 is 1.90 bits per heavy atom. The van der Waals surface area contributed by atoms with Crippen molar-refractivity contribution in [1.82, 2.24) is 9.97 Å². The lowest BCUT2D eigenvalue weighted by molar-refractivity contribution is 0.0163. The van der Waals surface area contributed by atoms with Crippen LogP contribution in [0.3, 0.4) is 0 Å². The zero-order chi connectivity index (χ0) is 27.6. The molecule has 0 bridgehead atoms. The van der Waals surface area contributed by atoms with Gasteiger partial charge in [0.1, 0.15) is 55.0 Å². The topological polar surface area (TPSA) is 124 Å². The summed E-state index contributed by atoms with van der Waals surface area (Å²) in [6, 6.07) is 7.28. The minimum absolute atomic E-state index is 0.0543. The molecule has 39 heavy (non-hydrogen) atoms. The van der Waals surface area contributed by atoms with Gasteiger partial charge >= 0.3 is 0 Å². The van der Waals surface area contributed by atoms with Gasteiger partial charge in [-0.1, -0.05) is 0 Å². The number of alkyl halides is 1. The van der Waals surface area contributed by atoms with Gasteiger partial charge in [-0.05, 0) is 24.6 Å². The number of halogens is 2. The summed E-state index contributed by atoms with van der Waals surface area (Å²) >= 11 is 0. The second kappa shape index (κ2) is 11.5. The van der Waals surface area contributed by atoms with Gasteiger partial charge in [0.15, 0.2) is 0 Å². The van der Waals surface area contributed by atoms with E-state index in [-0.39, 0.29) is 49.4 Å². The first-order valence-corrected chi connectivity index (χ1v) is 14.8. The molecule has 2 N–H and O–H groups in total. The van der Waals surface area contributed by atoms with E-state index >= 15 is 0 Å². The molecule has 2 aromatic carbocycles. The van der Waals surface area contributed by atoms with Gasteiger partial charge in [0, 0.05) is 40.3 Å². The van der Waals surface area contributed by atoms with Crippen LogP contribution >= 0.6 is 0 Å². The van der Waals surface area contributed by atoms with E-state index in [2.05, 4.69) is 19.6 Å². The fourth-order valence-corrected chi connectivity index (χ4v) is 5.39. The van der Waals surface area contributed by atoms with Crippen molar-refractivity contribution < 1.29 is 37.0 Å². The Balaban J connectivity index is 1.40. The van der Waals surface area contributed by atoms with Crippen LogP contribution in [-0.2, 0) is 19.2 Å². The molecule has 3 heterocycles. The number of nitrogens with one attached hydrogen (secondary N) is 1. The maximum absolute atomic E-state index is 14.2. The highest BCUT2D eigenvalue weighted by molar-refractivity contribution is 7.92. The predicted molar refractivity (Wildman–Crippen MR) is 142 cm³/mol. The lowest BCUT2D eigenvalue weighted by Gasteiger charge is -2.18. The number of rotatable bonds is 10. The Hall–Kier alpha value is -3.13. The van der Waals surface area contributed by atoms with Gasteiger partial charge in [0.2, 0.25) is 0 Å². The number of hydrogen-bond acceptors (Lipinski definition) is 10. The van der Waals surface area contributed by atoms with Crippen molar-refractivity contribution in [2.45, 2.75) is 24.7 Å². The van der Waals surface area contributed by atoms with E-state index in [4.69, 9.17) is 18.9 Å². The van der Waals surface area contributed by atoms with Gasteiger partial charge in [-0.15, -0.1) is 0 Å². The maximum atomic E-state index is 14.2. The largest absolute Gasteiger partial charge is 0.491 e. The zero-order valence-electron chi connectivity index (χ0n) is 21.5. The predicted octanol–water partition coefficient (Wildman–Crippen LogP) is 3.76. The van der Waals surface area contributed by atoms with Crippen molar-refractivity contribution in [3.8, 4) is 11.5 Å². The minimum Gasteiger partial charge on any atom is -0.491 e. The second-order valence-electron chi connectivity index (χ2n) is 9.70. The highest BCUT2D eigenvalue weighted by Gasteiger charge is 2.46. The summed E-state index contributed by atoms with van der Waals surface area (Å²) in [6.07, 6.45) is 3.80. The molecule has 2 saturated heterocycles. The van der Waals surface area contributed by atoms with Crippen molar-refractivity contribution in [2.24, 2.45) is 10.3 Å². The first kappa shape index (κ1) is 27.4. The number of hydrogen-bond donors (Lipinski definition) is 2. The SMILES string of the molecule is CS(C)(=O)=Nc1cc(OCCF)c2c(Nc3ccc(F)cc3OCC[C@@H]3CO[C@H]4[C@@H]3OC[C@H]4O)ncnc2c1. The number of benzene rings is 2. The summed E-state index contributed by atoms with van der Waals surface area (Å²) < 4.78 is 66.6. The molecule has 5 rings (SSSR count). The molecular formula is C26H30F2N4O6S. The summed E-state index contributed by atoms with van der Waals surface area (Å²) in [5.74, 6) is 0.425. The van der Waals surface area contributed by atoms with E-state index in [0.717, 1.165) is 0 Å². The number of fused-ring (bicyclic) bond motifs is 2. The third-order valence-corrected chi connectivity index (χ3v) is 7.07. The number of anilines is 2. The third-order valence-electron chi connectivity index (χ3n) is 6.42. The van der Waals surface area contributed by atoms with Crippen LogP contribution in [0, 0.1) is 11.7 Å². The summed E-state index contributed by atoms with van der Waals surface area (Å²) in [5.41, 5.74) is 1.25. The molecule has 0 radical (unpaired) electrons. The van der Waals surface area contributed by atoms with Gasteiger partial charge in [0.25, 0.3) is 0 Å². The highest BCUT2D eigenvalue weighted by atomic mass is 32.2. The number of aliphatic hydroxyl groups excluding tert-OH is 1. The number of aromatic nitrogens is 2. The van der Waals surface area contributed by atoms with Crippen molar-refractivity contribution in [2.75, 3.05) is 50.9 Å². The average molecular weight is 565 g/mol. The highest BCUT2D eigenvalue weighted by Crippen LogP contribution is 2.38. The Morgan fingerprint density at radius 3 is 2.69 bits per heavy atom. The molecule has 2 aliphatic heterocycles. The van der Waals surface area contributed by atoms with Crippen LogP contribution in [-0.4, -0.2) is 83.2 Å². The monoisotopic (exact) mass is 564 g/mol. The van der Waals surface area contributed by atoms with Crippen molar-refractivity contribution >= 4 is 37.8 Å². The van der Waals surface area contributed by atoms with E-state index < -0.39 is 28.3 Å². The smallest absolute Gasteiger partial charge is 0.145 e. The van der Waals surface area contributed by atoms with E-state index in [1.54, 1.807) is 12.1 Å². The molecule has 1 aromatic heterocycles. The molecule has 2 fully saturated rings. The van der Waals surface area contributed by atoms with Crippen LogP contribution in [0.1, 0.15) is 6.42 Å². The Morgan fingerprint density at radius 1 is 1.10 bits per heavy atom. The molecule has 0 unspecified atom stereocenters. The molecule has 3 aromatic rings. The normalized spacial score (nSPS) is 22.6. The molecule has 10 nitrogen and oxygen atoms in total. The quantitative estimate of drug-likeness (QED) is 0.379. The molecule has 0 saturated carbocycles. The molecule has 0 amide bonds. The Kier molecular flexibility index (Phi) is 8.12. The van der Waals surface area contributed by atoms with E-state index in [9.17, 15) is 18.1 Å². The molecule has 4 atom stereocenters. The Bertz CT molecular complexity index is 1460. The second-order valence-corrected chi connectivity index (χ2v) is 12.2. The lowest BCUT2D eigenvalue weighted by atomic mass is 9.98. The summed E-state index contributed by atoms with van der Waals surface area (Å²) in [7, 11) is -2.47. The first-order valence-electron chi connectivity index (χ1n) is 12.5. The summed E-state index contributed by atoms with van der Waals surface area (Å²) in [6.45, 7) is 0.0460. The fraction of sp³-hybridized carbons (Fsp3) is 0.462. The van der Waals surface area contributed by atoms with Gasteiger partial charge < -0.3 is 29.4 Å². The van der Waals surface area contributed by atoms with Gasteiger partial charge in [0.05, 0.1) is 48.2 Å². The van der Waals surface area contributed by atoms with Crippen LogP contribution in [0.5, 0.6) is 11.5 Å². The van der Waals surface area contributed by atoms with Gasteiger partial charge in [-0.25, -0.2) is 23.0 Å². The Labute approximate surface area is 224 Å². The molecule has 2 aliphatic rings. The van der Waals surface area contributed by atoms with E-state index in [0.29, 0.717) is 41.1 Å². The van der Waals surface area contributed by atoms with Gasteiger partial charge in [-0.3, -0.25) is 0 Å². The summed E-state index contributed by atoms with van der Waals surface area (Å²) in [4.78, 5) is 8.63. The van der Waals surface area contributed by atoms with E-state index in [1.807, 2.05) is 0 Å². The molecular weight excluding hydrogens is 534 g/mol. The summed E-state index contributed by atoms with van der Waals surface area (Å²) in [5, 5.41) is 13.6. The molecule has 13 heteroatoms. The zero-order valence-corrected chi connectivity index (χ0v) is 22.3. The average Bonchev–Trinajstić information content (AvgIpc) is 3.46. The van der Waals surface area contributed by atoms with Crippen LogP contribution in [0.15, 0.2) is 41.0 Å². The first-order chi connectivity index (χ1) is 18.7. The van der Waals surface area contributed by atoms with Crippen LogP contribution in [0.2, 0.25) is 0 Å². The maximum Gasteiger partial charge on any atom is 0.145 e. The van der Waals surface area contributed by atoms with Crippen LogP contribution in [0.4, 0.5) is 26.0 Å². The van der Waals surface area contributed by atoms with Gasteiger partial charge in [-0.2, -0.15) is 4.36 Å². The van der Waals surface area contributed by atoms with Crippen molar-refractivity contribution in [3.63, 3.8) is 0 Å². The lowest BCUT2D eigenvalue weighted by Crippen LogP contribution is -2.29. The standard InChI is InChI=1S/C26H30F2N4O6S/c1-39(2,34)32-17-10-19-23(22(11-17)36-8-6-27)26(30-14-29-19)31-18-4-3-16(28)9-21(18)35-7-5-15-12-37-25-20(33)13-38-24(15)25/h3-4,9-11,14-15,20,24-25,33H,5-8,12-13H2,1-2H3,(H,29,30,31)/t15-,20-,24-,25-/m1/s1. The number of ether oxygens (including phenoxy) is 4. The number of nitrogens with zero attached hydrogens (tertiary/aromatic N) is 3. The van der Waals surface area contributed by atoms with Crippen molar-refractivity contribution in [3.05, 3.63) is 42.5 Å². The minimum atomic E-state index is -2.47. The van der Waals surface area contributed by atoms with Crippen LogP contribution < -0.4 is 14.8 Å². The molecule has 210 valence electrons. The van der Waals surface area contributed by atoms with Crippen LogP contribution in [0.25, 0.3) is 10.9 Å². The fourth-order valence-electron chi connectivity index (χ4n) is 4.78. The third kappa shape index (κ3) is 6.38. The molecule has 0 aliphatic carbocycles. The van der Waals surface area contributed by atoms with Crippen molar-refractivity contribution in [1.29, 1.82) is 0 Å². The number of aliphatic hydroxyl groups is 1.